The lowest BCUT2D eigenvalue weighted by atomic mass is 10.0. The Morgan fingerprint density at radius 1 is 1.30 bits per heavy atom. The summed E-state index contributed by atoms with van der Waals surface area (Å²) in [7, 11) is 1.57. The number of nitrogens with two attached hydrogens (primary N) is 1. The maximum absolute atomic E-state index is 13.1. The number of benzene rings is 1. The number of halogens is 1. The average Bonchev–Trinajstić information content (AvgIpc) is 2.90. The van der Waals surface area contributed by atoms with Gasteiger partial charge in [0.1, 0.15) is 18.0 Å². The van der Waals surface area contributed by atoms with Crippen LogP contribution >= 0.6 is 0 Å². The lowest BCUT2D eigenvalue weighted by Gasteiger charge is -2.12. The second-order valence-electron chi connectivity index (χ2n) is 4.23. The van der Waals surface area contributed by atoms with Crippen LogP contribution in [0.1, 0.15) is 5.69 Å². The Labute approximate surface area is 114 Å². The number of hydrogen-bond acceptors (Lipinski definition) is 5. The molecule has 2 N–H and O–H groups in total. The lowest BCUT2D eigenvalue weighted by molar-refractivity contribution is 0.182. The number of methoxy groups -OCH3 is 1. The van der Waals surface area contributed by atoms with E-state index in [1.54, 1.807) is 19.2 Å². The first-order chi connectivity index (χ1) is 9.70. The van der Waals surface area contributed by atoms with E-state index in [1.807, 2.05) is 0 Å². The molecular weight excluding hydrogens is 261 g/mol. The van der Waals surface area contributed by atoms with Gasteiger partial charge in [0, 0.05) is 12.7 Å². The molecule has 0 saturated carbocycles. The van der Waals surface area contributed by atoms with Crippen LogP contribution < -0.4 is 5.73 Å². The van der Waals surface area contributed by atoms with Gasteiger partial charge < -0.3 is 10.5 Å². The Morgan fingerprint density at radius 2 is 2.05 bits per heavy atom. The first-order valence-electron chi connectivity index (χ1n) is 5.93. The summed E-state index contributed by atoms with van der Waals surface area (Å²) in [5, 5.41) is 4.03. The van der Waals surface area contributed by atoms with Crippen molar-refractivity contribution >= 4 is 11.6 Å². The molecule has 0 spiro atoms. The fourth-order valence-electron chi connectivity index (χ4n) is 2.08. The molecule has 102 valence electrons. The molecule has 0 aliphatic rings. The Hall–Kier alpha value is -2.54. The van der Waals surface area contributed by atoms with Crippen molar-refractivity contribution in [1.82, 2.24) is 19.6 Å². The quantitative estimate of drug-likeness (QED) is 0.785. The summed E-state index contributed by atoms with van der Waals surface area (Å²) in [4.78, 5) is 8.39. The minimum atomic E-state index is -0.310. The third-order valence-corrected chi connectivity index (χ3v) is 2.95. The van der Waals surface area contributed by atoms with E-state index < -0.39 is 0 Å². The smallest absolute Gasteiger partial charge is 0.254 e. The third kappa shape index (κ3) is 1.97. The van der Waals surface area contributed by atoms with Crippen LogP contribution in [-0.4, -0.2) is 26.7 Å². The molecule has 0 saturated heterocycles. The Morgan fingerprint density at radius 3 is 2.75 bits per heavy atom. The molecule has 20 heavy (non-hydrogen) atoms. The van der Waals surface area contributed by atoms with Gasteiger partial charge in [0.15, 0.2) is 0 Å². The molecule has 0 fully saturated rings. The summed E-state index contributed by atoms with van der Waals surface area (Å²) >= 11 is 0. The number of ether oxygens (including phenoxy) is 1. The van der Waals surface area contributed by atoms with Crippen molar-refractivity contribution in [2.24, 2.45) is 0 Å². The summed E-state index contributed by atoms with van der Waals surface area (Å²) in [6, 6.07) is 6.03. The molecule has 0 aliphatic heterocycles. The molecule has 3 rings (SSSR count). The maximum atomic E-state index is 13.1. The van der Waals surface area contributed by atoms with Gasteiger partial charge in [-0.3, -0.25) is 0 Å². The normalized spacial score (nSPS) is 11.1. The van der Waals surface area contributed by atoms with Gasteiger partial charge in [0.2, 0.25) is 0 Å². The molecule has 0 unspecified atom stereocenters. The highest BCUT2D eigenvalue weighted by Crippen LogP contribution is 2.29. The van der Waals surface area contributed by atoms with Crippen molar-refractivity contribution in [3.8, 4) is 11.1 Å². The van der Waals surface area contributed by atoms with E-state index in [0.717, 1.165) is 5.56 Å². The predicted octanol–water partition coefficient (Wildman–Crippen LogP) is 1.66. The second kappa shape index (κ2) is 4.86. The van der Waals surface area contributed by atoms with Gasteiger partial charge >= 0.3 is 0 Å². The van der Waals surface area contributed by atoms with Gasteiger partial charge in [0.25, 0.3) is 5.78 Å². The number of hydrogen-bond donors (Lipinski definition) is 1. The zero-order chi connectivity index (χ0) is 14.1. The van der Waals surface area contributed by atoms with E-state index in [-0.39, 0.29) is 12.4 Å². The first kappa shape index (κ1) is 12.5. The van der Waals surface area contributed by atoms with Crippen molar-refractivity contribution in [2.45, 2.75) is 6.61 Å². The number of anilines is 1. The van der Waals surface area contributed by atoms with Crippen LogP contribution in [0.5, 0.6) is 0 Å². The van der Waals surface area contributed by atoms with Crippen LogP contribution in [0.3, 0.4) is 0 Å². The Balaban J connectivity index is 2.28. The summed E-state index contributed by atoms with van der Waals surface area (Å²) in [6.45, 7) is 0.278. The number of fused-ring (bicyclic) bond motifs is 1. The van der Waals surface area contributed by atoms with Gasteiger partial charge in [-0.1, -0.05) is 12.1 Å². The van der Waals surface area contributed by atoms with Crippen LogP contribution in [0, 0.1) is 5.82 Å². The summed E-state index contributed by atoms with van der Waals surface area (Å²) in [5.74, 6) is 0.488. The van der Waals surface area contributed by atoms with Gasteiger partial charge in [-0.25, -0.2) is 9.37 Å². The average molecular weight is 273 g/mol. The van der Waals surface area contributed by atoms with Crippen molar-refractivity contribution in [3.05, 3.63) is 42.1 Å². The second-order valence-corrected chi connectivity index (χ2v) is 4.23. The highest BCUT2D eigenvalue weighted by molar-refractivity contribution is 5.77. The van der Waals surface area contributed by atoms with Gasteiger partial charge in [-0.2, -0.15) is 14.6 Å². The fraction of sp³-hybridized carbons (Fsp3) is 0.154. The van der Waals surface area contributed by atoms with Gasteiger partial charge in [-0.15, -0.1) is 0 Å². The molecular formula is C13H12FN5O. The van der Waals surface area contributed by atoms with E-state index >= 15 is 0 Å². The van der Waals surface area contributed by atoms with Crippen LogP contribution in [0.15, 0.2) is 30.6 Å². The molecule has 0 atom stereocenters. The number of nitrogens with zero attached hydrogens (tertiary/aromatic N) is 4. The molecule has 3 aromatic rings. The number of rotatable bonds is 3. The van der Waals surface area contributed by atoms with E-state index in [4.69, 9.17) is 10.5 Å². The lowest BCUT2D eigenvalue weighted by Crippen LogP contribution is -2.08. The first-order valence-corrected chi connectivity index (χ1v) is 5.93. The van der Waals surface area contributed by atoms with E-state index in [1.165, 1.54) is 23.0 Å². The standard InChI is InChI=1S/C13H12FN5O/c1-20-6-10-11(8-2-4-9(14)5-3-8)12(15)19-13(18-10)16-7-17-19/h2-5,7H,6,15H2,1H3. The van der Waals surface area contributed by atoms with Crippen molar-refractivity contribution in [3.63, 3.8) is 0 Å². The molecule has 1 aromatic carbocycles. The molecule has 0 aliphatic carbocycles. The zero-order valence-electron chi connectivity index (χ0n) is 10.7. The largest absolute Gasteiger partial charge is 0.383 e. The third-order valence-electron chi connectivity index (χ3n) is 2.95. The minimum Gasteiger partial charge on any atom is -0.383 e. The molecule has 7 heteroatoms. The molecule has 0 radical (unpaired) electrons. The highest BCUT2D eigenvalue weighted by atomic mass is 19.1. The topological polar surface area (TPSA) is 78.3 Å². The van der Waals surface area contributed by atoms with E-state index in [0.29, 0.717) is 22.9 Å². The molecule has 0 bridgehead atoms. The monoisotopic (exact) mass is 273 g/mol. The summed E-state index contributed by atoms with van der Waals surface area (Å²) in [6.07, 6.45) is 1.38. The SMILES string of the molecule is COCc1nc2ncnn2c(N)c1-c1ccc(F)cc1. The number of aromatic nitrogens is 4. The van der Waals surface area contributed by atoms with E-state index in [2.05, 4.69) is 15.1 Å². The van der Waals surface area contributed by atoms with Crippen LogP contribution in [0.2, 0.25) is 0 Å². The Kier molecular flexibility index (Phi) is 3.03. The number of nitrogen functional groups attached to an aromatic ring is 1. The summed E-state index contributed by atoms with van der Waals surface area (Å²) in [5.41, 5.74) is 8.19. The van der Waals surface area contributed by atoms with Gasteiger partial charge in [-0.05, 0) is 17.7 Å². The van der Waals surface area contributed by atoms with Crippen LogP contribution in [-0.2, 0) is 11.3 Å². The molecule has 2 heterocycles. The maximum Gasteiger partial charge on any atom is 0.254 e. The van der Waals surface area contributed by atoms with Gasteiger partial charge in [0.05, 0.1) is 12.3 Å². The predicted molar refractivity (Wildman–Crippen MR) is 71.3 cm³/mol. The van der Waals surface area contributed by atoms with Crippen molar-refractivity contribution in [2.75, 3.05) is 12.8 Å². The fourth-order valence-corrected chi connectivity index (χ4v) is 2.08. The molecule has 6 nitrogen and oxygen atoms in total. The van der Waals surface area contributed by atoms with Crippen molar-refractivity contribution < 1.29 is 9.13 Å². The van der Waals surface area contributed by atoms with Crippen LogP contribution in [0.4, 0.5) is 10.2 Å². The van der Waals surface area contributed by atoms with Crippen LogP contribution in [0.25, 0.3) is 16.9 Å². The minimum absolute atomic E-state index is 0.278. The molecule has 0 amide bonds. The highest BCUT2D eigenvalue weighted by Gasteiger charge is 2.16. The van der Waals surface area contributed by atoms with E-state index in [9.17, 15) is 4.39 Å². The molecule has 2 aromatic heterocycles. The van der Waals surface area contributed by atoms with Crippen molar-refractivity contribution in [1.29, 1.82) is 0 Å². The zero-order valence-corrected chi connectivity index (χ0v) is 10.7. The Bertz CT molecular complexity index is 753. The summed E-state index contributed by atoms with van der Waals surface area (Å²) < 4.78 is 19.6.